The Balaban J connectivity index is 1.58. The number of hydrogen-bond donors (Lipinski definition) is 1. The van der Waals surface area contributed by atoms with Crippen LogP contribution in [0.5, 0.6) is 0 Å². The molecule has 25 heavy (non-hydrogen) atoms. The van der Waals surface area contributed by atoms with Crippen molar-refractivity contribution < 1.29 is 13.2 Å². The zero-order valence-electron chi connectivity index (χ0n) is 13.5. The highest BCUT2D eigenvalue weighted by Gasteiger charge is 2.32. The van der Waals surface area contributed by atoms with E-state index in [1.165, 1.54) is 11.8 Å². The van der Waals surface area contributed by atoms with Gasteiger partial charge in [0.2, 0.25) is 5.91 Å². The molecule has 1 N–H and O–H groups in total. The van der Waals surface area contributed by atoms with Crippen molar-refractivity contribution in [3.05, 3.63) is 33.7 Å². The van der Waals surface area contributed by atoms with Gasteiger partial charge in [-0.3, -0.25) is 4.79 Å². The third-order valence-electron chi connectivity index (χ3n) is 3.93. The molecule has 1 aromatic carbocycles. The largest absolute Gasteiger partial charge is 0.325 e. The molecule has 1 atom stereocenters. The zero-order valence-corrected chi connectivity index (χ0v) is 17.3. The molecule has 0 radical (unpaired) electrons. The molecule has 0 saturated carbocycles. The Morgan fingerprint density at radius 3 is 2.72 bits per heavy atom. The summed E-state index contributed by atoms with van der Waals surface area (Å²) in [7, 11) is -1.16. The van der Waals surface area contributed by atoms with Gasteiger partial charge in [0.15, 0.2) is 15.0 Å². The Hall–Kier alpha value is -1.14. The third-order valence-corrected chi connectivity index (χ3v) is 7.43. The van der Waals surface area contributed by atoms with E-state index in [9.17, 15) is 13.2 Å². The van der Waals surface area contributed by atoms with Crippen molar-refractivity contribution in [2.45, 2.75) is 17.5 Å². The first-order chi connectivity index (χ1) is 11.8. The van der Waals surface area contributed by atoms with Crippen molar-refractivity contribution in [2.24, 2.45) is 7.05 Å². The standard InChI is InChI=1S/C15H17IN4O3S2/c1-20-14(10-6-7-25(22,23)9-10)18-19-15(20)24-8-13(21)17-12-4-2-11(16)3-5-12/h2-5,10H,6-9H2,1H3,(H,17,21). The maximum atomic E-state index is 12.1. The van der Waals surface area contributed by atoms with Crippen LogP contribution in [-0.4, -0.2) is 46.3 Å². The van der Waals surface area contributed by atoms with Crippen LogP contribution in [0.25, 0.3) is 0 Å². The Labute approximate surface area is 164 Å². The summed E-state index contributed by atoms with van der Waals surface area (Å²) in [6.45, 7) is 0. The number of rotatable bonds is 5. The average molecular weight is 492 g/mol. The molecule has 1 fully saturated rings. The SMILES string of the molecule is Cn1c(SCC(=O)Nc2ccc(I)cc2)nnc1C1CCS(=O)(=O)C1. The number of hydrogen-bond acceptors (Lipinski definition) is 6. The number of nitrogens with one attached hydrogen (secondary N) is 1. The van der Waals surface area contributed by atoms with Crippen molar-refractivity contribution in [1.82, 2.24) is 14.8 Å². The highest BCUT2D eigenvalue weighted by atomic mass is 127. The molecular formula is C15H17IN4O3S2. The smallest absolute Gasteiger partial charge is 0.234 e. The van der Waals surface area contributed by atoms with Gasteiger partial charge in [-0.1, -0.05) is 11.8 Å². The molecule has 1 aliphatic rings. The number of benzene rings is 1. The first-order valence-corrected chi connectivity index (χ1v) is 11.5. The normalized spacial score (nSPS) is 19.0. The van der Waals surface area contributed by atoms with Crippen LogP contribution in [0.4, 0.5) is 5.69 Å². The topological polar surface area (TPSA) is 93.9 Å². The minimum Gasteiger partial charge on any atom is -0.325 e. The van der Waals surface area contributed by atoms with E-state index in [1.807, 2.05) is 24.3 Å². The van der Waals surface area contributed by atoms with E-state index in [-0.39, 0.29) is 29.1 Å². The minimum atomic E-state index is -2.97. The molecule has 1 aliphatic heterocycles. The van der Waals surface area contributed by atoms with Crippen LogP contribution in [0.1, 0.15) is 18.2 Å². The van der Waals surface area contributed by atoms with Crippen LogP contribution in [0.2, 0.25) is 0 Å². The van der Waals surface area contributed by atoms with Crippen LogP contribution in [-0.2, 0) is 21.7 Å². The average Bonchev–Trinajstić information content (AvgIpc) is 3.10. The van der Waals surface area contributed by atoms with E-state index in [2.05, 4.69) is 38.1 Å². The quantitative estimate of drug-likeness (QED) is 0.508. The van der Waals surface area contributed by atoms with Crippen molar-refractivity contribution in [1.29, 1.82) is 0 Å². The molecule has 3 rings (SSSR count). The molecule has 1 amide bonds. The van der Waals surface area contributed by atoms with Gasteiger partial charge in [0.1, 0.15) is 5.82 Å². The molecule has 7 nitrogen and oxygen atoms in total. The van der Waals surface area contributed by atoms with Gasteiger partial charge >= 0.3 is 0 Å². The Bertz CT molecular complexity index is 881. The molecule has 0 bridgehead atoms. The summed E-state index contributed by atoms with van der Waals surface area (Å²) in [4.78, 5) is 12.1. The number of thioether (sulfide) groups is 1. The summed E-state index contributed by atoms with van der Waals surface area (Å²) >= 11 is 3.49. The van der Waals surface area contributed by atoms with Crippen molar-refractivity contribution >= 4 is 55.8 Å². The van der Waals surface area contributed by atoms with Crippen LogP contribution < -0.4 is 5.32 Å². The number of anilines is 1. The Kier molecular flexibility index (Phi) is 5.68. The second-order valence-corrected chi connectivity index (χ2v) is 10.3. The number of amides is 1. The van der Waals surface area contributed by atoms with Crippen molar-refractivity contribution in [3.63, 3.8) is 0 Å². The highest BCUT2D eigenvalue weighted by molar-refractivity contribution is 14.1. The fraction of sp³-hybridized carbons (Fsp3) is 0.400. The fourth-order valence-electron chi connectivity index (χ4n) is 2.67. The first kappa shape index (κ1) is 18.6. The molecule has 1 unspecified atom stereocenters. The zero-order chi connectivity index (χ0) is 18.0. The van der Waals surface area contributed by atoms with E-state index in [0.717, 1.165) is 9.26 Å². The number of halogens is 1. The number of carbonyl (C=O) groups is 1. The van der Waals surface area contributed by atoms with Gasteiger partial charge < -0.3 is 9.88 Å². The first-order valence-electron chi connectivity index (χ1n) is 7.62. The Morgan fingerprint density at radius 2 is 2.08 bits per heavy atom. The number of nitrogens with zero attached hydrogens (tertiary/aromatic N) is 3. The van der Waals surface area contributed by atoms with E-state index in [0.29, 0.717) is 17.4 Å². The Morgan fingerprint density at radius 1 is 1.36 bits per heavy atom. The maximum Gasteiger partial charge on any atom is 0.234 e. The number of sulfone groups is 1. The van der Waals surface area contributed by atoms with Gasteiger partial charge in [-0.05, 0) is 53.3 Å². The molecule has 134 valence electrons. The molecule has 0 aliphatic carbocycles. The summed E-state index contributed by atoms with van der Waals surface area (Å²) < 4.78 is 26.1. The van der Waals surface area contributed by atoms with E-state index in [4.69, 9.17) is 0 Å². The minimum absolute atomic E-state index is 0.113. The molecule has 2 heterocycles. The third kappa shape index (κ3) is 4.73. The maximum absolute atomic E-state index is 12.1. The summed E-state index contributed by atoms with van der Waals surface area (Å²) in [5.74, 6) is 0.960. The lowest BCUT2D eigenvalue weighted by Gasteiger charge is -2.08. The molecule has 2 aromatic rings. The predicted molar refractivity (Wildman–Crippen MR) is 106 cm³/mol. The van der Waals surface area contributed by atoms with Gasteiger partial charge in [-0.2, -0.15) is 0 Å². The summed E-state index contributed by atoms with van der Waals surface area (Å²) in [6, 6.07) is 7.55. The molecular weight excluding hydrogens is 475 g/mol. The van der Waals surface area contributed by atoms with E-state index < -0.39 is 9.84 Å². The summed E-state index contributed by atoms with van der Waals surface area (Å²) in [5.41, 5.74) is 0.751. The van der Waals surface area contributed by atoms with Crippen LogP contribution >= 0.6 is 34.4 Å². The van der Waals surface area contributed by atoms with E-state index in [1.54, 1.807) is 11.6 Å². The monoisotopic (exact) mass is 492 g/mol. The summed E-state index contributed by atoms with van der Waals surface area (Å²) in [6.07, 6.45) is 0.576. The highest BCUT2D eigenvalue weighted by Crippen LogP contribution is 2.29. The summed E-state index contributed by atoms with van der Waals surface area (Å²) in [5, 5.41) is 11.7. The van der Waals surface area contributed by atoms with Crippen LogP contribution in [0.15, 0.2) is 29.4 Å². The lowest BCUT2D eigenvalue weighted by atomic mass is 10.1. The molecule has 1 saturated heterocycles. The fourth-order valence-corrected chi connectivity index (χ4v) is 5.48. The van der Waals surface area contributed by atoms with Crippen LogP contribution in [0, 0.1) is 3.57 Å². The number of aromatic nitrogens is 3. The van der Waals surface area contributed by atoms with Gasteiger partial charge in [0.25, 0.3) is 0 Å². The second kappa shape index (κ2) is 7.62. The molecule has 0 spiro atoms. The predicted octanol–water partition coefficient (Wildman–Crippen LogP) is 2.05. The van der Waals surface area contributed by atoms with E-state index >= 15 is 0 Å². The lowest BCUT2D eigenvalue weighted by Crippen LogP contribution is -2.14. The van der Waals surface area contributed by atoms with Crippen molar-refractivity contribution in [2.75, 3.05) is 22.6 Å². The van der Waals surface area contributed by atoms with Crippen molar-refractivity contribution in [3.8, 4) is 0 Å². The number of carbonyl (C=O) groups excluding carboxylic acids is 1. The molecule has 1 aromatic heterocycles. The second-order valence-electron chi connectivity index (χ2n) is 5.84. The van der Waals surface area contributed by atoms with Gasteiger partial charge in [0.05, 0.1) is 17.3 Å². The van der Waals surface area contributed by atoms with Gasteiger partial charge in [-0.25, -0.2) is 8.42 Å². The van der Waals surface area contributed by atoms with Gasteiger partial charge in [-0.15, -0.1) is 10.2 Å². The van der Waals surface area contributed by atoms with Gasteiger partial charge in [0, 0.05) is 22.2 Å². The molecule has 10 heteroatoms. The van der Waals surface area contributed by atoms with Crippen LogP contribution in [0.3, 0.4) is 0 Å². The lowest BCUT2D eigenvalue weighted by molar-refractivity contribution is -0.113.